The molecule has 0 aromatic rings. The average Bonchev–Trinajstić information content (AvgIpc) is 2.11. The zero-order chi connectivity index (χ0) is 12.1. The molecule has 84 valence electrons. The number of aldehydes is 1. The Bertz CT molecular complexity index is 288. The number of esters is 1. The van der Waals surface area contributed by atoms with Gasteiger partial charge in [0.1, 0.15) is 5.60 Å². The average molecular weight is 212 g/mol. The van der Waals surface area contributed by atoms with Crippen molar-refractivity contribution in [3.8, 4) is 6.07 Å². The summed E-state index contributed by atoms with van der Waals surface area (Å²) in [6.45, 7) is 5.04. The molecule has 0 amide bonds. The molecule has 5 nitrogen and oxygen atoms in total. The summed E-state index contributed by atoms with van der Waals surface area (Å²) in [7, 11) is 0. The molecule has 0 rings (SSSR count). The highest BCUT2D eigenvalue weighted by Gasteiger charge is 2.37. The third-order valence-electron chi connectivity index (χ3n) is 1.64. The van der Waals surface area contributed by atoms with Crippen molar-refractivity contribution in [2.75, 3.05) is 0 Å². The first-order valence-corrected chi connectivity index (χ1v) is 4.61. The van der Waals surface area contributed by atoms with Crippen molar-refractivity contribution < 1.29 is 14.3 Å². The summed E-state index contributed by atoms with van der Waals surface area (Å²) in [5, 5.41) is 8.37. The van der Waals surface area contributed by atoms with E-state index in [9.17, 15) is 9.59 Å². The number of hydrogen-bond donors (Lipinski definition) is 1. The van der Waals surface area contributed by atoms with Gasteiger partial charge in [-0.25, -0.2) is 4.79 Å². The lowest BCUT2D eigenvalue weighted by Gasteiger charge is -2.26. The summed E-state index contributed by atoms with van der Waals surface area (Å²) in [4.78, 5) is 22.3. The maximum atomic E-state index is 11.5. The lowest BCUT2D eigenvalue weighted by Crippen LogP contribution is -2.52. The smallest absolute Gasteiger partial charge is 0.334 e. The van der Waals surface area contributed by atoms with Crippen LogP contribution in [0.25, 0.3) is 0 Å². The Kier molecular flexibility index (Phi) is 4.43. The summed E-state index contributed by atoms with van der Waals surface area (Å²) < 4.78 is 4.99. The van der Waals surface area contributed by atoms with Gasteiger partial charge in [0, 0.05) is 6.42 Å². The number of ether oxygens (including phenoxy) is 1. The maximum absolute atomic E-state index is 11.5. The third-order valence-corrected chi connectivity index (χ3v) is 1.64. The van der Waals surface area contributed by atoms with Gasteiger partial charge >= 0.3 is 5.97 Å². The second kappa shape index (κ2) is 4.89. The molecule has 0 spiro atoms. The van der Waals surface area contributed by atoms with Crippen molar-refractivity contribution in [2.45, 2.75) is 44.8 Å². The minimum absolute atomic E-state index is 0.0259. The summed E-state index contributed by atoms with van der Waals surface area (Å²) in [6, 6.07) is 1.83. The fourth-order valence-electron chi connectivity index (χ4n) is 0.845. The predicted octanol–water partition coefficient (Wildman–Crippen LogP) is 0.528. The number of hydrogen-bond acceptors (Lipinski definition) is 5. The molecule has 0 aliphatic carbocycles. The van der Waals surface area contributed by atoms with E-state index in [1.165, 1.54) is 0 Å². The molecule has 0 radical (unpaired) electrons. The van der Waals surface area contributed by atoms with Crippen molar-refractivity contribution in [1.82, 2.24) is 0 Å². The van der Waals surface area contributed by atoms with E-state index in [0.717, 1.165) is 0 Å². The first-order chi connectivity index (χ1) is 6.75. The van der Waals surface area contributed by atoms with Gasteiger partial charge in [-0.3, -0.25) is 0 Å². The van der Waals surface area contributed by atoms with Crippen LogP contribution in [0.15, 0.2) is 0 Å². The van der Waals surface area contributed by atoms with Crippen LogP contribution in [-0.2, 0) is 14.3 Å². The molecule has 0 saturated heterocycles. The molecule has 15 heavy (non-hydrogen) atoms. The SMILES string of the molecule is CC(C)(C)OC(=O)C(N)(C=O)CCC#N. The summed E-state index contributed by atoms with van der Waals surface area (Å²) in [6.07, 6.45) is 0.342. The number of nitrogens with zero attached hydrogens (tertiary/aromatic N) is 1. The number of carbonyl (C=O) groups excluding carboxylic acids is 2. The molecule has 0 aliphatic rings. The monoisotopic (exact) mass is 212 g/mol. The van der Waals surface area contributed by atoms with E-state index >= 15 is 0 Å². The standard InChI is InChI=1S/C10H16N2O3/c1-9(2,3)15-8(14)10(12,7-13)5-4-6-11/h7H,4-5,12H2,1-3H3. The van der Waals surface area contributed by atoms with E-state index in [1.807, 2.05) is 6.07 Å². The normalized spacial score (nSPS) is 14.9. The summed E-state index contributed by atoms with van der Waals surface area (Å²) in [5.74, 6) is -0.791. The van der Waals surface area contributed by atoms with Crippen LogP contribution < -0.4 is 5.73 Å². The fourth-order valence-corrected chi connectivity index (χ4v) is 0.845. The number of rotatable bonds is 4. The zero-order valence-corrected chi connectivity index (χ0v) is 9.24. The zero-order valence-electron chi connectivity index (χ0n) is 9.24. The number of nitriles is 1. The van der Waals surface area contributed by atoms with Crippen LogP contribution >= 0.6 is 0 Å². The van der Waals surface area contributed by atoms with Crippen LogP contribution in [0.5, 0.6) is 0 Å². The van der Waals surface area contributed by atoms with Gasteiger partial charge < -0.3 is 15.3 Å². The maximum Gasteiger partial charge on any atom is 0.334 e. The van der Waals surface area contributed by atoms with Crippen LogP contribution in [0.3, 0.4) is 0 Å². The van der Waals surface area contributed by atoms with Crippen molar-refractivity contribution in [3.63, 3.8) is 0 Å². The highest BCUT2D eigenvalue weighted by molar-refractivity contribution is 5.98. The molecule has 5 heteroatoms. The molecule has 0 bridgehead atoms. The van der Waals surface area contributed by atoms with Gasteiger partial charge in [-0.1, -0.05) is 0 Å². The Hall–Kier alpha value is -1.41. The predicted molar refractivity (Wildman–Crippen MR) is 53.7 cm³/mol. The molecule has 0 saturated carbocycles. The highest BCUT2D eigenvalue weighted by atomic mass is 16.6. The Balaban J connectivity index is 4.60. The molecule has 0 fully saturated rings. The summed E-state index contributed by atoms with van der Waals surface area (Å²) >= 11 is 0. The van der Waals surface area contributed by atoms with E-state index < -0.39 is 17.1 Å². The van der Waals surface area contributed by atoms with Crippen molar-refractivity contribution >= 4 is 12.3 Å². The Labute approximate surface area is 89.2 Å². The van der Waals surface area contributed by atoms with E-state index in [0.29, 0.717) is 6.29 Å². The van der Waals surface area contributed by atoms with E-state index in [-0.39, 0.29) is 12.8 Å². The first-order valence-electron chi connectivity index (χ1n) is 4.61. The molecule has 0 aromatic carbocycles. The lowest BCUT2D eigenvalue weighted by molar-refractivity contribution is -0.162. The molecule has 1 atom stereocenters. The molecular formula is C10H16N2O3. The minimum atomic E-state index is -1.71. The molecular weight excluding hydrogens is 196 g/mol. The van der Waals surface area contributed by atoms with E-state index in [2.05, 4.69) is 0 Å². The van der Waals surface area contributed by atoms with E-state index in [4.69, 9.17) is 15.7 Å². The van der Waals surface area contributed by atoms with Crippen LogP contribution in [0.2, 0.25) is 0 Å². The molecule has 0 aromatic heterocycles. The topological polar surface area (TPSA) is 93.2 Å². The second-order valence-electron chi connectivity index (χ2n) is 4.32. The van der Waals surface area contributed by atoms with Crippen LogP contribution in [0.1, 0.15) is 33.6 Å². The Morgan fingerprint density at radius 3 is 2.40 bits per heavy atom. The molecule has 0 aliphatic heterocycles. The van der Waals surface area contributed by atoms with Crippen molar-refractivity contribution in [2.24, 2.45) is 5.73 Å². The molecule has 0 heterocycles. The van der Waals surface area contributed by atoms with Gasteiger partial charge in [0.25, 0.3) is 0 Å². The van der Waals surface area contributed by atoms with Gasteiger partial charge in [-0.15, -0.1) is 0 Å². The van der Waals surface area contributed by atoms with Gasteiger partial charge in [0.2, 0.25) is 0 Å². The van der Waals surface area contributed by atoms with Crippen molar-refractivity contribution in [1.29, 1.82) is 5.26 Å². The molecule has 1 unspecified atom stereocenters. The Morgan fingerprint density at radius 1 is 1.53 bits per heavy atom. The van der Waals surface area contributed by atoms with Crippen LogP contribution in [0, 0.1) is 11.3 Å². The summed E-state index contributed by atoms with van der Waals surface area (Å²) in [5.41, 5.74) is 3.14. The third kappa shape index (κ3) is 4.56. The first kappa shape index (κ1) is 13.6. The quantitative estimate of drug-likeness (QED) is 0.416. The number of carbonyl (C=O) groups is 2. The largest absolute Gasteiger partial charge is 0.458 e. The lowest BCUT2D eigenvalue weighted by atomic mass is 9.96. The molecule has 2 N–H and O–H groups in total. The van der Waals surface area contributed by atoms with Crippen LogP contribution in [0.4, 0.5) is 0 Å². The van der Waals surface area contributed by atoms with Gasteiger partial charge in [-0.2, -0.15) is 5.26 Å². The highest BCUT2D eigenvalue weighted by Crippen LogP contribution is 2.15. The number of nitrogens with two attached hydrogens (primary N) is 1. The van der Waals surface area contributed by atoms with Gasteiger partial charge in [0.15, 0.2) is 11.8 Å². The van der Waals surface area contributed by atoms with Gasteiger partial charge in [0.05, 0.1) is 6.07 Å². The van der Waals surface area contributed by atoms with E-state index in [1.54, 1.807) is 20.8 Å². The van der Waals surface area contributed by atoms with Gasteiger partial charge in [-0.05, 0) is 27.2 Å². The van der Waals surface area contributed by atoms with Crippen molar-refractivity contribution in [3.05, 3.63) is 0 Å². The second-order valence-corrected chi connectivity index (χ2v) is 4.32. The fraction of sp³-hybridized carbons (Fsp3) is 0.700. The minimum Gasteiger partial charge on any atom is -0.458 e. The van der Waals surface area contributed by atoms with Crippen LogP contribution in [-0.4, -0.2) is 23.4 Å². The Morgan fingerprint density at radius 2 is 2.07 bits per heavy atom.